The summed E-state index contributed by atoms with van der Waals surface area (Å²) in [4.78, 5) is 2.15. The molecule has 1 aromatic heterocycles. The number of aromatic nitrogens is 1. The summed E-state index contributed by atoms with van der Waals surface area (Å²) in [6.45, 7) is 3.98. The maximum Gasteiger partial charge on any atom is 0.150 e. The second kappa shape index (κ2) is 5.16. The molecule has 0 fully saturated rings. The topological polar surface area (TPSA) is 29.3 Å². The van der Waals surface area contributed by atoms with Gasteiger partial charge in [0.05, 0.1) is 12.7 Å². The smallest absolute Gasteiger partial charge is 0.150 e. The van der Waals surface area contributed by atoms with E-state index in [1.54, 1.807) is 6.20 Å². The Hall–Kier alpha value is -0.540. The van der Waals surface area contributed by atoms with Crippen molar-refractivity contribution < 1.29 is 4.52 Å². The number of halogens is 1. The molecule has 0 aliphatic carbocycles. The Labute approximate surface area is 72.8 Å². The molecule has 1 heterocycles. The van der Waals surface area contributed by atoms with Crippen molar-refractivity contribution in [3.05, 3.63) is 18.0 Å². The van der Waals surface area contributed by atoms with E-state index in [1.807, 2.05) is 13.1 Å². The van der Waals surface area contributed by atoms with E-state index < -0.39 is 0 Å². The summed E-state index contributed by atoms with van der Waals surface area (Å²) in [5.41, 5.74) is 0. The summed E-state index contributed by atoms with van der Waals surface area (Å²) in [5, 5.41) is 3.61. The molecule has 0 spiro atoms. The summed E-state index contributed by atoms with van der Waals surface area (Å²) in [7, 11) is 2.04. The monoisotopic (exact) mass is 176 g/mol. The van der Waals surface area contributed by atoms with E-state index in [0.29, 0.717) is 0 Å². The minimum Gasteiger partial charge on any atom is -0.360 e. The lowest BCUT2D eigenvalue weighted by molar-refractivity contribution is 0.283. The highest BCUT2D eigenvalue weighted by atomic mass is 35.5. The highest BCUT2D eigenvalue weighted by Crippen LogP contribution is 1.99. The summed E-state index contributed by atoms with van der Waals surface area (Å²) >= 11 is 0. The third kappa shape index (κ3) is 3.39. The summed E-state index contributed by atoms with van der Waals surface area (Å²) < 4.78 is 4.91. The van der Waals surface area contributed by atoms with Gasteiger partial charge in [0.2, 0.25) is 0 Å². The fourth-order valence-corrected chi connectivity index (χ4v) is 0.702. The normalized spacial score (nSPS) is 9.73. The SMILES string of the molecule is CCN(C)Cc1ccno1.Cl. The predicted octanol–water partition coefficient (Wildman–Crippen LogP) is 1.55. The van der Waals surface area contributed by atoms with Gasteiger partial charge in [0.25, 0.3) is 0 Å². The molecule has 0 bridgehead atoms. The Morgan fingerprint density at radius 1 is 1.64 bits per heavy atom. The van der Waals surface area contributed by atoms with Gasteiger partial charge in [0.15, 0.2) is 5.76 Å². The highest BCUT2D eigenvalue weighted by Gasteiger charge is 1.99. The van der Waals surface area contributed by atoms with Crippen molar-refractivity contribution in [2.24, 2.45) is 0 Å². The van der Waals surface area contributed by atoms with E-state index in [-0.39, 0.29) is 12.4 Å². The minimum absolute atomic E-state index is 0. The van der Waals surface area contributed by atoms with Crippen molar-refractivity contribution in [1.29, 1.82) is 0 Å². The van der Waals surface area contributed by atoms with E-state index in [9.17, 15) is 0 Å². The zero-order valence-electron chi connectivity index (χ0n) is 6.78. The van der Waals surface area contributed by atoms with Crippen LogP contribution in [0.15, 0.2) is 16.8 Å². The van der Waals surface area contributed by atoms with Crippen LogP contribution in [0.5, 0.6) is 0 Å². The van der Waals surface area contributed by atoms with Crippen LogP contribution in [0, 0.1) is 0 Å². The average molecular weight is 177 g/mol. The van der Waals surface area contributed by atoms with Crippen molar-refractivity contribution in [2.45, 2.75) is 13.5 Å². The zero-order valence-corrected chi connectivity index (χ0v) is 7.60. The molecule has 0 aliphatic heterocycles. The van der Waals surface area contributed by atoms with Crippen molar-refractivity contribution in [3.8, 4) is 0 Å². The summed E-state index contributed by atoms with van der Waals surface area (Å²) in [6.07, 6.45) is 1.67. The molecule has 0 unspecified atom stereocenters. The van der Waals surface area contributed by atoms with Crippen molar-refractivity contribution in [2.75, 3.05) is 13.6 Å². The Kier molecular flexibility index (Phi) is 4.90. The maximum absolute atomic E-state index is 4.91. The first-order chi connectivity index (χ1) is 4.83. The molecule has 0 saturated carbocycles. The molecule has 0 N–H and O–H groups in total. The van der Waals surface area contributed by atoms with Gasteiger partial charge >= 0.3 is 0 Å². The number of hydrogen-bond acceptors (Lipinski definition) is 3. The summed E-state index contributed by atoms with van der Waals surface area (Å²) in [5.74, 6) is 0.921. The molecule has 0 atom stereocenters. The Morgan fingerprint density at radius 2 is 2.36 bits per heavy atom. The molecule has 3 nitrogen and oxygen atoms in total. The van der Waals surface area contributed by atoms with Crippen LogP contribution in [0.4, 0.5) is 0 Å². The second-order valence-electron chi connectivity index (χ2n) is 2.31. The van der Waals surface area contributed by atoms with Gasteiger partial charge in [0.1, 0.15) is 0 Å². The molecule has 1 aromatic rings. The molecular formula is C7H13ClN2O. The van der Waals surface area contributed by atoms with Gasteiger partial charge in [-0.25, -0.2) is 0 Å². The lowest BCUT2D eigenvalue weighted by Crippen LogP contribution is -2.16. The van der Waals surface area contributed by atoms with Crippen LogP contribution in [-0.2, 0) is 6.54 Å². The quantitative estimate of drug-likeness (QED) is 0.700. The van der Waals surface area contributed by atoms with E-state index in [2.05, 4.69) is 17.0 Å². The Balaban J connectivity index is 0.000001000. The van der Waals surface area contributed by atoms with E-state index in [0.717, 1.165) is 18.8 Å². The largest absolute Gasteiger partial charge is 0.360 e. The van der Waals surface area contributed by atoms with Crippen molar-refractivity contribution >= 4 is 12.4 Å². The van der Waals surface area contributed by atoms with Gasteiger partial charge in [-0.15, -0.1) is 12.4 Å². The molecule has 0 amide bonds. The molecule has 0 radical (unpaired) electrons. The molecular weight excluding hydrogens is 164 g/mol. The third-order valence-electron chi connectivity index (χ3n) is 1.46. The summed E-state index contributed by atoms with van der Waals surface area (Å²) in [6, 6.07) is 1.88. The van der Waals surface area contributed by atoms with Gasteiger partial charge in [-0.1, -0.05) is 12.1 Å². The number of hydrogen-bond donors (Lipinski definition) is 0. The first-order valence-corrected chi connectivity index (χ1v) is 3.41. The highest BCUT2D eigenvalue weighted by molar-refractivity contribution is 5.85. The third-order valence-corrected chi connectivity index (χ3v) is 1.46. The van der Waals surface area contributed by atoms with Crippen molar-refractivity contribution in [3.63, 3.8) is 0 Å². The fraction of sp³-hybridized carbons (Fsp3) is 0.571. The zero-order chi connectivity index (χ0) is 7.40. The van der Waals surface area contributed by atoms with Crippen LogP contribution in [0.3, 0.4) is 0 Å². The Morgan fingerprint density at radius 3 is 2.82 bits per heavy atom. The van der Waals surface area contributed by atoms with Crippen LogP contribution in [0.1, 0.15) is 12.7 Å². The van der Waals surface area contributed by atoms with Crippen LogP contribution >= 0.6 is 12.4 Å². The fourth-order valence-electron chi connectivity index (χ4n) is 0.702. The van der Waals surface area contributed by atoms with Crippen molar-refractivity contribution in [1.82, 2.24) is 10.1 Å². The van der Waals surface area contributed by atoms with Crippen LogP contribution in [-0.4, -0.2) is 23.6 Å². The van der Waals surface area contributed by atoms with Gasteiger partial charge in [-0.3, -0.25) is 4.90 Å². The van der Waals surface area contributed by atoms with Gasteiger partial charge in [0, 0.05) is 6.07 Å². The van der Waals surface area contributed by atoms with E-state index in [1.165, 1.54) is 0 Å². The molecule has 0 aliphatic rings. The second-order valence-corrected chi connectivity index (χ2v) is 2.31. The first-order valence-electron chi connectivity index (χ1n) is 3.41. The maximum atomic E-state index is 4.91. The van der Waals surface area contributed by atoms with E-state index in [4.69, 9.17) is 4.52 Å². The van der Waals surface area contributed by atoms with Gasteiger partial charge in [-0.05, 0) is 13.6 Å². The number of nitrogens with zero attached hydrogens (tertiary/aromatic N) is 2. The lowest BCUT2D eigenvalue weighted by atomic mass is 10.4. The Bertz CT molecular complexity index is 177. The lowest BCUT2D eigenvalue weighted by Gasteiger charge is -2.09. The molecule has 64 valence electrons. The molecule has 11 heavy (non-hydrogen) atoms. The van der Waals surface area contributed by atoms with Gasteiger partial charge < -0.3 is 4.52 Å². The first kappa shape index (κ1) is 10.5. The van der Waals surface area contributed by atoms with E-state index >= 15 is 0 Å². The van der Waals surface area contributed by atoms with Crippen LogP contribution in [0.2, 0.25) is 0 Å². The number of rotatable bonds is 3. The molecule has 1 rings (SSSR count). The molecule has 0 saturated heterocycles. The minimum atomic E-state index is 0. The standard InChI is InChI=1S/C7H12N2O.ClH/c1-3-9(2)6-7-4-5-8-10-7;/h4-5H,3,6H2,1-2H3;1H. The predicted molar refractivity (Wildman–Crippen MR) is 45.8 cm³/mol. The molecule has 4 heteroatoms. The molecule has 0 aromatic carbocycles. The van der Waals surface area contributed by atoms with Gasteiger partial charge in [-0.2, -0.15) is 0 Å². The average Bonchev–Trinajstić information content (AvgIpc) is 2.40. The van der Waals surface area contributed by atoms with Crippen LogP contribution in [0.25, 0.3) is 0 Å². The van der Waals surface area contributed by atoms with Crippen LogP contribution < -0.4 is 0 Å².